The predicted octanol–water partition coefficient (Wildman–Crippen LogP) is 3.82. The Hall–Kier alpha value is -1.17. The molecule has 0 saturated heterocycles. The van der Waals surface area contributed by atoms with Crippen molar-refractivity contribution in [2.45, 2.75) is 53.4 Å². The second kappa shape index (κ2) is 13.2. The lowest BCUT2D eigenvalue weighted by molar-refractivity contribution is -0.141. The summed E-state index contributed by atoms with van der Waals surface area (Å²) in [5.41, 5.74) is 0. The molecule has 0 aliphatic carbocycles. The van der Waals surface area contributed by atoms with E-state index in [-0.39, 0.29) is 26.4 Å². The molecule has 0 aliphatic heterocycles. The highest BCUT2D eigenvalue weighted by Crippen LogP contribution is 2.56. The molecule has 0 aliphatic rings. The minimum Gasteiger partial charge on any atom is -0.463 e. The summed E-state index contributed by atoms with van der Waals surface area (Å²) in [6.07, 6.45) is 3.91. The van der Waals surface area contributed by atoms with Crippen LogP contribution in [-0.2, 0) is 32.7 Å². The van der Waals surface area contributed by atoms with Gasteiger partial charge in [0.2, 0.25) is 0 Å². The lowest BCUT2D eigenvalue weighted by Gasteiger charge is -2.19. The third-order valence-corrected chi connectivity index (χ3v) is 4.93. The lowest BCUT2D eigenvalue weighted by Crippen LogP contribution is -2.15. The Bertz CT molecular complexity index is 449. The van der Waals surface area contributed by atoms with Gasteiger partial charge in [-0.3, -0.25) is 4.57 Å². The third kappa shape index (κ3) is 8.62. The quantitative estimate of drug-likeness (QED) is 0.212. The number of carbonyl (C=O) groups excluding carboxylic acids is 2. The molecule has 0 rings (SSSR count). The van der Waals surface area contributed by atoms with Crippen molar-refractivity contribution in [1.82, 2.24) is 0 Å². The van der Waals surface area contributed by atoms with Gasteiger partial charge in [0.1, 0.15) is 0 Å². The molecule has 0 atom stereocenters. The highest BCUT2D eigenvalue weighted by molar-refractivity contribution is 7.60. The maximum Gasteiger partial charge on any atom is 0.368 e. The van der Waals surface area contributed by atoms with Gasteiger partial charge < -0.3 is 18.5 Å². The average Bonchev–Trinajstić information content (AvgIpc) is 2.53. The molecule has 0 spiro atoms. The minimum atomic E-state index is -3.94. The Morgan fingerprint density at radius 3 is 1.83 bits per heavy atom. The summed E-state index contributed by atoms with van der Waals surface area (Å²) < 4.78 is 33.2. The van der Waals surface area contributed by atoms with E-state index in [1.54, 1.807) is 13.8 Å². The summed E-state index contributed by atoms with van der Waals surface area (Å²) in [7, 11) is -3.94. The fraction of sp³-hybridized carbons (Fsp3) is 0.750. The molecule has 0 aromatic carbocycles. The summed E-state index contributed by atoms with van der Waals surface area (Å²) in [5, 5.41) is -0.427. The first-order valence-corrected chi connectivity index (χ1v) is 9.94. The first-order valence-electron chi connectivity index (χ1n) is 8.40. The lowest BCUT2D eigenvalue weighted by atomic mass is 10.3. The van der Waals surface area contributed by atoms with Gasteiger partial charge in [-0.2, -0.15) is 0 Å². The maximum absolute atomic E-state index is 12.8. The first-order chi connectivity index (χ1) is 11.4. The van der Waals surface area contributed by atoms with Gasteiger partial charge in [0.15, 0.2) is 5.31 Å². The fourth-order valence-corrected chi connectivity index (χ4v) is 3.20. The Morgan fingerprint density at radius 1 is 0.875 bits per heavy atom. The standard InChI is InChI=1S/C16H29O7P/c1-5-9-11-20-15(17)13-14(16(18)21-12-10-6-2)24(19,22-7-3)23-8-4/h13H,5-12H2,1-4H3. The molecule has 7 nitrogen and oxygen atoms in total. The summed E-state index contributed by atoms with van der Waals surface area (Å²) >= 11 is 0. The van der Waals surface area contributed by atoms with Gasteiger partial charge in [-0.1, -0.05) is 26.7 Å². The van der Waals surface area contributed by atoms with Crippen LogP contribution in [0.25, 0.3) is 0 Å². The van der Waals surface area contributed by atoms with E-state index in [2.05, 4.69) is 0 Å². The summed E-state index contributed by atoms with van der Waals surface area (Å²) in [6.45, 7) is 7.63. The van der Waals surface area contributed by atoms with Crippen LogP contribution in [0.5, 0.6) is 0 Å². The number of carbonyl (C=O) groups is 2. The molecule has 0 fully saturated rings. The van der Waals surface area contributed by atoms with Crippen LogP contribution in [0.1, 0.15) is 53.4 Å². The van der Waals surface area contributed by atoms with Crippen molar-refractivity contribution in [3.63, 3.8) is 0 Å². The second-order valence-corrected chi connectivity index (χ2v) is 6.87. The van der Waals surface area contributed by atoms with E-state index in [1.165, 1.54) is 0 Å². The normalized spacial score (nSPS) is 12.1. The SMILES string of the molecule is CCCCOC(=O)C=C(C(=O)OCCCC)P(=O)(OCC)OCC. The molecule has 0 N–H and O–H groups in total. The van der Waals surface area contributed by atoms with Crippen LogP contribution in [0.2, 0.25) is 0 Å². The van der Waals surface area contributed by atoms with E-state index in [0.29, 0.717) is 12.8 Å². The van der Waals surface area contributed by atoms with Gasteiger partial charge in [-0.15, -0.1) is 0 Å². The zero-order valence-corrected chi connectivity index (χ0v) is 15.9. The molecule has 0 unspecified atom stereocenters. The fourth-order valence-electron chi connectivity index (χ4n) is 1.62. The van der Waals surface area contributed by atoms with Crippen LogP contribution in [-0.4, -0.2) is 38.4 Å². The molecule has 0 radical (unpaired) electrons. The number of esters is 2. The zero-order chi connectivity index (χ0) is 18.4. The molecule has 0 heterocycles. The molecule has 0 aromatic heterocycles. The number of hydrogen-bond acceptors (Lipinski definition) is 7. The van der Waals surface area contributed by atoms with Gasteiger partial charge in [0.05, 0.1) is 26.4 Å². The Morgan fingerprint density at radius 2 is 1.38 bits per heavy atom. The average molecular weight is 364 g/mol. The Balaban J connectivity index is 5.35. The van der Waals surface area contributed by atoms with Gasteiger partial charge in [-0.05, 0) is 26.7 Å². The minimum absolute atomic E-state index is 0.0573. The van der Waals surface area contributed by atoms with Crippen molar-refractivity contribution in [3.05, 3.63) is 11.4 Å². The number of ether oxygens (including phenoxy) is 2. The predicted molar refractivity (Wildman–Crippen MR) is 90.7 cm³/mol. The van der Waals surface area contributed by atoms with Crippen molar-refractivity contribution < 1.29 is 32.7 Å². The highest BCUT2D eigenvalue weighted by Gasteiger charge is 2.37. The van der Waals surface area contributed by atoms with Crippen LogP contribution in [0, 0.1) is 0 Å². The van der Waals surface area contributed by atoms with E-state index in [0.717, 1.165) is 18.9 Å². The molecular weight excluding hydrogens is 335 g/mol. The summed E-state index contributed by atoms with van der Waals surface area (Å²) in [4.78, 5) is 24.1. The smallest absolute Gasteiger partial charge is 0.368 e. The molecule has 140 valence electrons. The molecular formula is C16H29O7P. The van der Waals surface area contributed by atoms with Crippen LogP contribution in [0.15, 0.2) is 11.4 Å². The number of hydrogen-bond donors (Lipinski definition) is 0. The Labute approximate surface area is 144 Å². The molecule has 8 heteroatoms. The van der Waals surface area contributed by atoms with Crippen molar-refractivity contribution in [3.8, 4) is 0 Å². The largest absolute Gasteiger partial charge is 0.463 e. The summed E-state index contributed by atoms with van der Waals surface area (Å²) in [5.74, 6) is -1.66. The van der Waals surface area contributed by atoms with Gasteiger partial charge in [-0.25, -0.2) is 9.59 Å². The number of rotatable bonds is 13. The van der Waals surface area contributed by atoms with E-state index >= 15 is 0 Å². The van der Waals surface area contributed by atoms with E-state index in [1.807, 2.05) is 13.8 Å². The molecule has 0 amide bonds. The van der Waals surface area contributed by atoms with Crippen molar-refractivity contribution in [2.24, 2.45) is 0 Å². The van der Waals surface area contributed by atoms with E-state index in [9.17, 15) is 14.2 Å². The van der Waals surface area contributed by atoms with Crippen LogP contribution < -0.4 is 0 Å². The first kappa shape index (κ1) is 22.8. The molecule has 0 bridgehead atoms. The van der Waals surface area contributed by atoms with Crippen LogP contribution >= 0.6 is 7.60 Å². The van der Waals surface area contributed by atoms with Crippen molar-refractivity contribution >= 4 is 19.5 Å². The zero-order valence-electron chi connectivity index (χ0n) is 15.0. The Kier molecular flexibility index (Phi) is 12.5. The van der Waals surface area contributed by atoms with Gasteiger partial charge in [0.25, 0.3) is 0 Å². The topological polar surface area (TPSA) is 88.1 Å². The monoisotopic (exact) mass is 364 g/mol. The van der Waals surface area contributed by atoms with Gasteiger partial charge in [0, 0.05) is 6.08 Å². The van der Waals surface area contributed by atoms with Crippen LogP contribution in [0.4, 0.5) is 0 Å². The van der Waals surface area contributed by atoms with E-state index in [4.69, 9.17) is 18.5 Å². The second-order valence-electron chi connectivity index (χ2n) is 4.87. The molecule has 0 saturated carbocycles. The van der Waals surface area contributed by atoms with Crippen molar-refractivity contribution in [1.29, 1.82) is 0 Å². The molecule has 0 aromatic rings. The highest BCUT2D eigenvalue weighted by atomic mass is 31.2. The van der Waals surface area contributed by atoms with E-state index < -0.39 is 24.8 Å². The number of unbranched alkanes of at least 4 members (excludes halogenated alkanes) is 2. The molecule has 24 heavy (non-hydrogen) atoms. The van der Waals surface area contributed by atoms with Crippen LogP contribution in [0.3, 0.4) is 0 Å². The third-order valence-electron chi connectivity index (χ3n) is 2.83. The maximum atomic E-state index is 12.8. The van der Waals surface area contributed by atoms with Gasteiger partial charge >= 0.3 is 19.5 Å². The van der Waals surface area contributed by atoms with Crippen molar-refractivity contribution in [2.75, 3.05) is 26.4 Å². The summed E-state index contributed by atoms with van der Waals surface area (Å²) in [6, 6.07) is 0.